The van der Waals surface area contributed by atoms with Gasteiger partial charge in [-0.1, -0.05) is 47.5 Å². The highest BCUT2D eigenvalue weighted by molar-refractivity contribution is 5.91. The highest BCUT2D eigenvalue weighted by Gasteiger charge is 2.42. The van der Waals surface area contributed by atoms with Crippen molar-refractivity contribution in [3.8, 4) is 0 Å². The Balaban J connectivity index is 1.69. The zero-order chi connectivity index (χ0) is 16.3. The van der Waals surface area contributed by atoms with Crippen LogP contribution in [0.1, 0.15) is 16.7 Å². The van der Waals surface area contributed by atoms with E-state index >= 15 is 0 Å². The maximum atomic E-state index is 2.50. The summed E-state index contributed by atoms with van der Waals surface area (Å²) in [4.78, 5) is 4.99. The van der Waals surface area contributed by atoms with Crippen molar-refractivity contribution in [2.45, 2.75) is 26.4 Å². The third-order valence-corrected chi connectivity index (χ3v) is 5.21. The van der Waals surface area contributed by atoms with Crippen LogP contribution in [0.3, 0.4) is 0 Å². The largest absolute Gasteiger partial charge is 0.318 e. The number of nitrogens with zero attached hydrogens (tertiary/aromatic N) is 2. The summed E-state index contributed by atoms with van der Waals surface area (Å²) in [5, 5.41) is 0. The molecule has 0 spiro atoms. The van der Waals surface area contributed by atoms with Gasteiger partial charge in [-0.3, -0.25) is 0 Å². The van der Waals surface area contributed by atoms with Crippen LogP contribution >= 0.6 is 0 Å². The highest BCUT2D eigenvalue weighted by atomic mass is 15.4. The third-order valence-electron chi connectivity index (χ3n) is 5.21. The van der Waals surface area contributed by atoms with Gasteiger partial charge < -0.3 is 9.80 Å². The first-order valence-electron chi connectivity index (χ1n) is 8.56. The van der Waals surface area contributed by atoms with E-state index in [-0.39, 0.29) is 0 Å². The Labute approximate surface area is 143 Å². The van der Waals surface area contributed by atoms with Crippen molar-refractivity contribution in [3.63, 3.8) is 0 Å². The lowest BCUT2D eigenvalue weighted by atomic mass is 10.1. The molecule has 2 aliphatic heterocycles. The third kappa shape index (κ3) is 1.83. The number of hydrogen-bond acceptors (Lipinski definition) is 2. The summed E-state index contributed by atoms with van der Waals surface area (Å²) < 4.78 is 0. The topological polar surface area (TPSA) is 6.48 Å². The molecular weight excluding hydrogens is 292 g/mol. The molecular formula is C22H20N2. The molecule has 3 aromatic rings. The first-order valence-corrected chi connectivity index (χ1v) is 8.56. The summed E-state index contributed by atoms with van der Waals surface area (Å²) in [6.45, 7) is 4.32. The quantitative estimate of drug-likeness (QED) is 0.587. The Morgan fingerprint density at radius 3 is 2.12 bits per heavy atom. The number of benzene rings is 3. The van der Waals surface area contributed by atoms with Gasteiger partial charge in [-0.2, -0.15) is 0 Å². The molecule has 0 bridgehead atoms. The predicted molar refractivity (Wildman–Crippen MR) is 101 cm³/mol. The van der Waals surface area contributed by atoms with Crippen LogP contribution in [0, 0.1) is 13.8 Å². The Morgan fingerprint density at radius 2 is 1.38 bits per heavy atom. The summed E-state index contributed by atoms with van der Waals surface area (Å²) in [6, 6.07) is 24.5. The van der Waals surface area contributed by atoms with Crippen LogP contribution in [-0.4, -0.2) is 6.17 Å². The van der Waals surface area contributed by atoms with Gasteiger partial charge in [-0.15, -0.1) is 0 Å². The molecule has 0 N–H and O–H groups in total. The molecule has 0 aromatic heterocycles. The molecule has 2 heteroatoms. The van der Waals surface area contributed by atoms with Gasteiger partial charge in [-0.05, 0) is 49.7 Å². The van der Waals surface area contributed by atoms with Crippen LogP contribution in [0.4, 0.5) is 22.7 Å². The fourth-order valence-electron chi connectivity index (χ4n) is 4.11. The number of hydrogen-bond donors (Lipinski definition) is 0. The summed E-state index contributed by atoms with van der Waals surface area (Å²) >= 11 is 0. The smallest absolute Gasteiger partial charge is 0.115 e. The van der Waals surface area contributed by atoms with Crippen LogP contribution in [0.25, 0.3) is 0 Å². The molecule has 0 radical (unpaired) electrons. The number of anilines is 4. The molecule has 0 saturated carbocycles. The molecule has 0 saturated heterocycles. The average Bonchev–Trinajstić information content (AvgIpc) is 3.09. The van der Waals surface area contributed by atoms with Gasteiger partial charge in [0.1, 0.15) is 6.17 Å². The highest BCUT2D eigenvalue weighted by Crippen LogP contribution is 2.52. The molecule has 24 heavy (non-hydrogen) atoms. The van der Waals surface area contributed by atoms with E-state index in [0.717, 1.165) is 6.42 Å². The molecule has 0 aliphatic carbocycles. The number of rotatable bonds is 1. The van der Waals surface area contributed by atoms with Gasteiger partial charge in [0.2, 0.25) is 0 Å². The Bertz CT molecular complexity index is 912. The fourth-order valence-corrected chi connectivity index (χ4v) is 4.11. The minimum atomic E-state index is 0.335. The van der Waals surface area contributed by atoms with Crippen LogP contribution in [0.2, 0.25) is 0 Å². The Morgan fingerprint density at radius 1 is 0.708 bits per heavy atom. The maximum Gasteiger partial charge on any atom is 0.115 e. The van der Waals surface area contributed by atoms with Gasteiger partial charge in [0.15, 0.2) is 0 Å². The number of fused-ring (bicyclic) bond motifs is 5. The minimum absolute atomic E-state index is 0.335. The number of aryl methyl sites for hydroxylation is 2. The molecule has 2 nitrogen and oxygen atoms in total. The van der Waals surface area contributed by atoms with Crippen molar-refractivity contribution < 1.29 is 0 Å². The summed E-state index contributed by atoms with van der Waals surface area (Å²) in [5.41, 5.74) is 9.33. The van der Waals surface area contributed by atoms with Crippen molar-refractivity contribution in [3.05, 3.63) is 83.4 Å². The van der Waals surface area contributed by atoms with Crippen LogP contribution in [-0.2, 0) is 6.42 Å². The molecule has 1 unspecified atom stereocenters. The van der Waals surface area contributed by atoms with E-state index in [9.17, 15) is 0 Å². The van der Waals surface area contributed by atoms with E-state index in [2.05, 4.69) is 90.4 Å². The Kier molecular flexibility index (Phi) is 2.78. The summed E-state index contributed by atoms with van der Waals surface area (Å²) in [6.07, 6.45) is 1.39. The molecule has 2 heterocycles. The second kappa shape index (κ2) is 4.88. The van der Waals surface area contributed by atoms with Crippen molar-refractivity contribution in [2.24, 2.45) is 0 Å². The lowest BCUT2D eigenvalue weighted by Gasteiger charge is -2.28. The van der Waals surface area contributed by atoms with E-state index in [1.165, 1.54) is 39.4 Å². The van der Waals surface area contributed by atoms with E-state index in [0.29, 0.717) is 6.17 Å². The summed E-state index contributed by atoms with van der Waals surface area (Å²) in [5.74, 6) is 0. The second-order valence-corrected chi connectivity index (χ2v) is 6.88. The molecule has 5 rings (SSSR count). The molecule has 3 aromatic carbocycles. The SMILES string of the molecule is Cc1ccc(N2c3ccccc3N3c4ccc(C)cc4CC23)cc1. The first kappa shape index (κ1) is 13.7. The van der Waals surface area contributed by atoms with E-state index in [4.69, 9.17) is 0 Å². The summed E-state index contributed by atoms with van der Waals surface area (Å²) in [7, 11) is 0. The molecule has 2 aliphatic rings. The van der Waals surface area contributed by atoms with Crippen molar-refractivity contribution in [2.75, 3.05) is 9.80 Å². The van der Waals surface area contributed by atoms with Crippen molar-refractivity contribution in [1.82, 2.24) is 0 Å². The molecule has 0 amide bonds. The van der Waals surface area contributed by atoms with E-state index in [1.807, 2.05) is 0 Å². The zero-order valence-corrected chi connectivity index (χ0v) is 14.0. The standard InChI is InChI=1S/C22H20N2/c1-15-7-10-18(11-8-15)23-20-5-3-4-6-21(20)24-19-12-9-16(2)13-17(19)14-22(23)24/h3-13,22H,14H2,1-2H3. The Hall–Kier alpha value is -2.74. The van der Waals surface area contributed by atoms with Crippen LogP contribution in [0.15, 0.2) is 66.7 Å². The monoisotopic (exact) mass is 312 g/mol. The fraction of sp³-hybridized carbons (Fsp3) is 0.182. The molecule has 1 atom stereocenters. The lowest BCUT2D eigenvalue weighted by molar-refractivity contribution is 0.729. The molecule has 0 fully saturated rings. The minimum Gasteiger partial charge on any atom is -0.318 e. The normalized spacial score (nSPS) is 17.7. The van der Waals surface area contributed by atoms with Gasteiger partial charge in [0.05, 0.1) is 11.4 Å². The van der Waals surface area contributed by atoms with Crippen molar-refractivity contribution >= 4 is 22.7 Å². The maximum absolute atomic E-state index is 2.50. The number of para-hydroxylation sites is 2. The van der Waals surface area contributed by atoms with Gasteiger partial charge >= 0.3 is 0 Å². The van der Waals surface area contributed by atoms with Gasteiger partial charge in [0.25, 0.3) is 0 Å². The van der Waals surface area contributed by atoms with E-state index in [1.54, 1.807) is 0 Å². The van der Waals surface area contributed by atoms with Crippen LogP contribution in [0.5, 0.6) is 0 Å². The average molecular weight is 312 g/mol. The van der Waals surface area contributed by atoms with Gasteiger partial charge in [-0.25, -0.2) is 0 Å². The van der Waals surface area contributed by atoms with E-state index < -0.39 is 0 Å². The first-order chi connectivity index (χ1) is 11.7. The van der Waals surface area contributed by atoms with Gasteiger partial charge in [0, 0.05) is 17.8 Å². The molecule has 118 valence electrons. The lowest BCUT2D eigenvalue weighted by Crippen LogP contribution is -2.35. The zero-order valence-electron chi connectivity index (χ0n) is 14.0. The van der Waals surface area contributed by atoms with Crippen molar-refractivity contribution in [1.29, 1.82) is 0 Å². The predicted octanol–water partition coefficient (Wildman–Crippen LogP) is 5.48. The second-order valence-electron chi connectivity index (χ2n) is 6.88. The van der Waals surface area contributed by atoms with Crippen LogP contribution < -0.4 is 9.80 Å².